The van der Waals surface area contributed by atoms with E-state index in [1.807, 2.05) is 45.6 Å². The molecule has 2 aromatic rings. The zero-order valence-electron chi connectivity index (χ0n) is 16.8. The quantitative estimate of drug-likeness (QED) is 0.242. The number of carbonyl (C=O) groups is 1. The number of nitrogens with zero attached hydrogens (tertiary/aromatic N) is 4. The highest BCUT2D eigenvalue weighted by molar-refractivity contribution is 14.1. The number of aromatic nitrogens is 2. The van der Waals surface area contributed by atoms with Crippen molar-refractivity contribution in [1.82, 2.24) is 14.9 Å². The number of amides is 1. The van der Waals surface area contributed by atoms with E-state index in [0.717, 1.165) is 0 Å². The van der Waals surface area contributed by atoms with Crippen LogP contribution in [0.15, 0.2) is 10.5 Å². The molecule has 2 heterocycles. The second kappa shape index (κ2) is 8.30. The number of ether oxygens (including phenoxy) is 1. The summed E-state index contributed by atoms with van der Waals surface area (Å²) in [5, 5.41) is 0.568. The summed E-state index contributed by atoms with van der Waals surface area (Å²) in [6.07, 6.45) is -0.341. The third-order valence-electron chi connectivity index (χ3n) is 4.67. The highest BCUT2D eigenvalue weighted by atomic mass is 127. The fourth-order valence-electron chi connectivity index (χ4n) is 3.35. The van der Waals surface area contributed by atoms with E-state index in [-0.39, 0.29) is 29.0 Å². The first-order valence-electron chi connectivity index (χ1n) is 9.16. The fourth-order valence-corrected chi connectivity index (χ4v) is 4.36. The summed E-state index contributed by atoms with van der Waals surface area (Å²) < 4.78 is 21.4. The Hall–Kier alpha value is -0.940. The normalized spacial score (nSPS) is 20.3. The van der Waals surface area contributed by atoms with Crippen LogP contribution in [-0.2, 0) is 4.74 Å². The molecule has 1 aromatic heterocycles. The maximum atomic E-state index is 14.8. The molecule has 1 fully saturated rings. The van der Waals surface area contributed by atoms with Gasteiger partial charge in [-0.05, 0) is 90.8 Å². The lowest BCUT2D eigenvalue weighted by atomic mass is 10.1. The minimum absolute atomic E-state index is 0.0195. The largest absolute Gasteiger partial charge is 0.444 e. The van der Waals surface area contributed by atoms with Gasteiger partial charge in [0.1, 0.15) is 16.9 Å². The number of carbonyl (C=O) groups excluding carboxylic acids is 1. The summed E-state index contributed by atoms with van der Waals surface area (Å²) in [4.78, 5) is 24.9. The number of hydrogen-bond acceptors (Lipinski definition) is 5. The summed E-state index contributed by atoms with van der Waals surface area (Å²) >= 11 is 11.4. The van der Waals surface area contributed by atoms with Gasteiger partial charge in [0.05, 0.1) is 4.47 Å². The van der Waals surface area contributed by atoms with Gasteiger partial charge in [-0.2, -0.15) is 4.98 Å². The van der Waals surface area contributed by atoms with Gasteiger partial charge in [-0.1, -0.05) is 0 Å². The number of anilines is 1. The molecule has 0 radical (unpaired) electrons. The average molecular weight is 600 g/mol. The van der Waals surface area contributed by atoms with Crippen LogP contribution in [0.1, 0.15) is 34.6 Å². The lowest BCUT2D eigenvalue weighted by Gasteiger charge is -2.44. The van der Waals surface area contributed by atoms with Gasteiger partial charge >= 0.3 is 6.09 Å². The van der Waals surface area contributed by atoms with Gasteiger partial charge in [-0.3, -0.25) is 0 Å². The highest BCUT2D eigenvalue weighted by Crippen LogP contribution is 2.35. The average Bonchev–Trinajstić information content (AvgIpc) is 2.60. The molecule has 1 saturated heterocycles. The van der Waals surface area contributed by atoms with Gasteiger partial charge in [0.2, 0.25) is 5.28 Å². The minimum Gasteiger partial charge on any atom is -0.444 e. The van der Waals surface area contributed by atoms with Crippen LogP contribution in [0.5, 0.6) is 0 Å². The zero-order chi connectivity index (χ0) is 21.7. The van der Waals surface area contributed by atoms with Crippen LogP contribution < -0.4 is 4.90 Å². The van der Waals surface area contributed by atoms with Crippen molar-refractivity contribution < 1.29 is 13.9 Å². The fraction of sp³-hybridized carbons (Fsp3) is 0.526. The molecule has 0 N–H and O–H groups in total. The van der Waals surface area contributed by atoms with Crippen molar-refractivity contribution in [2.24, 2.45) is 0 Å². The lowest BCUT2D eigenvalue weighted by molar-refractivity contribution is 0.0130. The Morgan fingerprint density at radius 2 is 1.97 bits per heavy atom. The summed E-state index contributed by atoms with van der Waals surface area (Å²) in [5.41, 5.74) is -0.392. The standard InChI is InChI=1S/C19H22BrClFIN4O2/c1-9-8-27(18(28)29-19(3,4)5)10(2)7-26(9)16-11-6-12(23)13(20)14(22)15(11)24-17(21)25-16/h6,9-10H,7-8H2,1-5H3/t9-,10+/m0/s1. The minimum atomic E-state index is -0.560. The van der Waals surface area contributed by atoms with Crippen LogP contribution in [0.25, 0.3) is 10.9 Å². The molecule has 10 heteroatoms. The first-order chi connectivity index (χ1) is 13.4. The van der Waals surface area contributed by atoms with E-state index in [4.69, 9.17) is 16.3 Å². The van der Waals surface area contributed by atoms with E-state index in [1.165, 1.54) is 0 Å². The van der Waals surface area contributed by atoms with Crippen LogP contribution in [0, 0.1) is 9.39 Å². The molecule has 1 aliphatic rings. The Labute approximate surface area is 196 Å². The SMILES string of the molecule is C[C@@H]1CN(c2nc(Cl)nc3c(F)c(Br)c(I)cc23)[C@@H](C)CN1C(=O)OC(C)(C)C. The number of halogens is 4. The number of piperazine rings is 1. The van der Waals surface area contributed by atoms with Crippen molar-refractivity contribution in [3.8, 4) is 0 Å². The molecule has 29 heavy (non-hydrogen) atoms. The molecule has 1 amide bonds. The summed E-state index contributed by atoms with van der Waals surface area (Å²) in [6, 6.07) is 1.65. The lowest BCUT2D eigenvalue weighted by Crippen LogP contribution is -2.59. The van der Waals surface area contributed by atoms with E-state index in [1.54, 1.807) is 4.90 Å². The molecule has 0 bridgehead atoms. The Balaban J connectivity index is 1.98. The van der Waals surface area contributed by atoms with E-state index >= 15 is 0 Å². The van der Waals surface area contributed by atoms with E-state index in [2.05, 4.69) is 48.5 Å². The van der Waals surface area contributed by atoms with Crippen molar-refractivity contribution in [3.05, 3.63) is 25.2 Å². The molecule has 3 rings (SSSR count). The van der Waals surface area contributed by atoms with Crippen molar-refractivity contribution in [3.63, 3.8) is 0 Å². The van der Waals surface area contributed by atoms with Gasteiger partial charge in [0.15, 0.2) is 5.82 Å². The maximum absolute atomic E-state index is 14.8. The molecule has 0 unspecified atom stereocenters. The Bertz CT molecular complexity index is 972. The van der Waals surface area contributed by atoms with E-state index in [0.29, 0.717) is 32.3 Å². The zero-order valence-corrected chi connectivity index (χ0v) is 21.3. The van der Waals surface area contributed by atoms with Gasteiger partial charge in [0.25, 0.3) is 0 Å². The topological polar surface area (TPSA) is 58.6 Å². The molecule has 0 spiro atoms. The molecule has 1 aliphatic heterocycles. The van der Waals surface area contributed by atoms with Crippen LogP contribution in [0.2, 0.25) is 5.28 Å². The van der Waals surface area contributed by atoms with Crippen molar-refractivity contribution in [2.75, 3.05) is 18.0 Å². The van der Waals surface area contributed by atoms with Gasteiger partial charge in [-0.25, -0.2) is 14.2 Å². The molecule has 0 saturated carbocycles. The second-order valence-electron chi connectivity index (χ2n) is 8.18. The predicted octanol–water partition coefficient (Wildman–Crippen LogP) is 5.62. The third kappa shape index (κ3) is 4.71. The first-order valence-corrected chi connectivity index (χ1v) is 11.4. The Morgan fingerprint density at radius 3 is 2.59 bits per heavy atom. The van der Waals surface area contributed by atoms with Crippen molar-refractivity contribution in [1.29, 1.82) is 0 Å². The summed E-state index contributed by atoms with van der Waals surface area (Å²) in [5.74, 6) is 0.0954. The number of benzene rings is 1. The first kappa shape index (κ1) is 22.7. The summed E-state index contributed by atoms with van der Waals surface area (Å²) in [6.45, 7) is 10.4. The highest BCUT2D eigenvalue weighted by Gasteiger charge is 2.36. The smallest absolute Gasteiger partial charge is 0.410 e. The van der Waals surface area contributed by atoms with E-state index < -0.39 is 11.4 Å². The van der Waals surface area contributed by atoms with Crippen LogP contribution in [0.3, 0.4) is 0 Å². The van der Waals surface area contributed by atoms with Gasteiger partial charge in [0, 0.05) is 34.1 Å². The molecule has 1 aromatic carbocycles. The number of rotatable bonds is 1. The van der Waals surface area contributed by atoms with Crippen LogP contribution in [-0.4, -0.2) is 51.7 Å². The second-order valence-corrected chi connectivity index (χ2v) is 10.5. The molecule has 6 nitrogen and oxygen atoms in total. The molecule has 158 valence electrons. The Morgan fingerprint density at radius 1 is 1.31 bits per heavy atom. The molecule has 0 aliphatic carbocycles. The summed E-state index contributed by atoms with van der Waals surface area (Å²) in [7, 11) is 0. The van der Waals surface area contributed by atoms with Gasteiger partial charge < -0.3 is 14.5 Å². The maximum Gasteiger partial charge on any atom is 0.410 e. The Kier molecular flexibility index (Phi) is 6.51. The number of fused-ring (bicyclic) bond motifs is 1. The number of hydrogen-bond donors (Lipinski definition) is 0. The van der Waals surface area contributed by atoms with Gasteiger partial charge in [-0.15, -0.1) is 0 Å². The van der Waals surface area contributed by atoms with Crippen LogP contribution in [0.4, 0.5) is 15.0 Å². The third-order valence-corrected chi connectivity index (χ3v) is 7.20. The van der Waals surface area contributed by atoms with Crippen LogP contribution >= 0.6 is 50.1 Å². The van der Waals surface area contributed by atoms with Crippen molar-refractivity contribution >= 4 is 72.9 Å². The van der Waals surface area contributed by atoms with Crippen molar-refractivity contribution in [2.45, 2.75) is 52.3 Å². The monoisotopic (exact) mass is 598 g/mol. The molecular weight excluding hydrogens is 577 g/mol. The predicted molar refractivity (Wildman–Crippen MR) is 124 cm³/mol. The van der Waals surface area contributed by atoms with E-state index in [9.17, 15) is 9.18 Å². The molecule has 2 atom stereocenters. The molecular formula is C19H22BrClFIN4O2.